The Labute approximate surface area is 259 Å². The molecule has 1 aliphatic carbocycles. The van der Waals surface area contributed by atoms with E-state index in [1.807, 2.05) is 12.3 Å². The van der Waals surface area contributed by atoms with Crippen LogP contribution in [0.3, 0.4) is 0 Å². The molecular formula is C39H35BN2O2. The summed E-state index contributed by atoms with van der Waals surface area (Å²) in [6, 6.07) is 34.9. The zero-order valence-electron chi connectivity index (χ0n) is 26.1. The summed E-state index contributed by atoms with van der Waals surface area (Å²) in [6.45, 7) is 13.1. The summed E-state index contributed by atoms with van der Waals surface area (Å²) in [5.41, 5.74) is 11.8. The van der Waals surface area contributed by atoms with Gasteiger partial charge in [-0.1, -0.05) is 92.7 Å². The molecule has 4 aromatic carbocycles. The molecule has 2 aliphatic rings. The molecule has 1 saturated heterocycles. The topological polar surface area (TPSA) is 44.2 Å². The van der Waals surface area contributed by atoms with Crippen molar-refractivity contribution in [3.05, 3.63) is 114 Å². The van der Waals surface area contributed by atoms with E-state index in [9.17, 15) is 0 Å². The molecule has 0 spiro atoms. The van der Waals surface area contributed by atoms with Gasteiger partial charge >= 0.3 is 7.12 Å². The Bertz CT molecular complexity index is 2100. The number of nitrogens with zero attached hydrogens (tertiary/aromatic N) is 2. The molecule has 5 heteroatoms. The minimum absolute atomic E-state index is 0.147. The number of hydrogen-bond donors (Lipinski definition) is 0. The van der Waals surface area contributed by atoms with Crippen molar-refractivity contribution in [3.8, 4) is 33.5 Å². The molecule has 0 radical (unpaired) electrons. The summed E-state index contributed by atoms with van der Waals surface area (Å²) in [5, 5.41) is 2.20. The molecule has 0 N–H and O–H groups in total. The van der Waals surface area contributed by atoms with E-state index in [0.717, 1.165) is 38.5 Å². The summed E-state index contributed by atoms with van der Waals surface area (Å²) in [4.78, 5) is 9.65. The van der Waals surface area contributed by atoms with Crippen LogP contribution in [0.1, 0.15) is 52.7 Å². The highest BCUT2D eigenvalue weighted by atomic mass is 16.7. The fourth-order valence-corrected chi connectivity index (χ4v) is 6.78. The summed E-state index contributed by atoms with van der Waals surface area (Å²) >= 11 is 0. The molecule has 0 unspecified atom stereocenters. The van der Waals surface area contributed by atoms with E-state index >= 15 is 0 Å². The van der Waals surface area contributed by atoms with Gasteiger partial charge in [0.15, 0.2) is 0 Å². The molecule has 216 valence electrons. The van der Waals surface area contributed by atoms with Gasteiger partial charge in [0, 0.05) is 27.9 Å². The van der Waals surface area contributed by atoms with Gasteiger partial charge in [-0.25, -0.2) is 4.98 Å². The van der Waals surface area contributed by atoms with E-state index in [-0.39, 0.29) is 23.7 Å². The van der Waals surface area contributed by atoms with Crippen LogP contribution >= 0.6 is 0 Å². The molecule has 0 atom stereocenters. The Morgan fingerprint density at radius 2 is 1.16 bits per heavy atom. The van der Waals surface area contributed by atoms with E-state index in [0.29, 0.717) is 0 Å². The number of hydrogen-bond acceptors (Lipinski definition) is 4. The summed E-state index contributed by atoms with van der Waals surface area (Å²) in [6.07, 6.45) is 1.83. The molecule has 1 fully saturated rings. The highest BCUT2D eigenvalue weighted by Gasteiger charge is 2.52. The first-order valence-corrected chi connectivity index (χ1v) is 15.4. The van der Waals surface area contributed by atoms with Gasteiger partial charge in [0.2, 0.25) is 0 Å². The van der Waals surface area contributed by atoms with Crippen molar-refractivity contribution in [3.63, 3.8) is 0 Å². The van der Waals surface area contributed by atoms with E-state index in [2.05, 4.69) is 138 Å². The van der Waals surface area contributed by atoms with Crippen LogP contribution in [0.4, 0.5) is 0 Å². The standard InChI is InChI=1S/C39H35BN2O2/c1-37(2)32-22-28(15-18-30(32)31-19-17-29(23-33(31)37)40-43-38(3,4)39(5,6)44-40)24-9-11-25(12-10-24)34-20-16-27-14-13-26-8-7-21-41-35(26)36(27)42-34/h7-23H,1-6H3. The second kappa shape index (κ2) is 9.34. The summed E-state index contributed by atoms with van der Waals surface area (Å²) in [5.74, 6) is 0. The number of aromatic nitrogens is 2. The molecule has 1 aliphatic heterocycles. The third-order valence-corrected chi connectivity index (χ3v) is 10.2. The number of rotatable bonds is 3. The average molecular weight is 575 g/mol. The molecule has 0 amide bonds. The van der Waals surface area contributed by atoms with Gasteiger partial charge in [-0.05, 0) is 84.7 Å². The number of pyridine rings is 2. The molecule has 44 heavy (non-hydrogen) atoms. The molecule has 3 heterocycles. The minimum atomic E-state index is -0.369. The maximum Gasteiger partial charge on any atom is 0.494 e. The van der Waals surface area contributed by atoms with Gasteiger partial charge in [-0.15, -0.1) is 0 Å². The second-order valence-electron chi connectivity index (χ2n) is 13.8. The Morgan fingerprint density at radius 1 is 0.568 bits per heavy atom. The van der Waals surface area contributed by atoms with Crippen LogP contribution in [0.2, 0.25) is 0 Å². The summed E-state index contributed by atoms with van der Waals surface area (Å²) < 4.78 is 12.8. The first kappa shape index (κ1) is 27.2. The van der Waals surface area contributed by atoms with Crippen molar-refractivity contribution in [1.29, 1.82) is 0 Å². The third kappa shape index (κ3) is 4.07. The lowest BCUT2D eigenvalue weighted by molar-refractivity contribution is 0.00578. The van der Waals surface area contributed by atoms with Gasteiger partial charge in [-0.2, -0.15) is 0 Å². The normalized spacial score (nSPS) is 17.6. The van der Waals surface area contributed by atoms with Crippen LogP contribution in [-0.2, 0) is 14.7 Å². The highest BCUT2D eigenvalue weighted by molar-refractivity contribution is 6.62. The zero-order chi connectivity index (χ0) is 30.4. The van der Waals surface area contributed by atoms with E-state index in [4.69, 9.17) is 14.3 Å². The number of benzene rings is 4. The molecule has 0 bridgehead atoms. The molecule has 0 saturated carbocycles. The molecular weight excluding hydrogens is 539 g/mol. The third-order valence-electron chi connectivity index (χ3n) is 10.2. The quantitative estimate of drug-likeness (QED) is 0.157. The van der Waals surface area contributed by atoms with Crippen LogP contribution in [0.25, 0.3) is 55.3 Å². The lowest BCUT2D eigenvalue weighted by Gasteiger charge is -2.32. The smallest absolute Gasteiger partial charge is 0.399 e. The SMILES string of the molecule is CC1(C)c2cc(B3OC(C)(C)C(C)(C)O3)ccc2-c2ccc(-c3ccc(-c4ccc5ccc6cccnc6c5n4)cc3)cc21. The Balaban J connectivity index is 1.11. The highest BCUT2D eigenvalue weighted by Crippen LogP contribution is 2.49. The van der Waals surface area contributed by atoms with E-state index < -0.39 is 0 Å². The fraction of sp³-hybridized carbons (Fsp3) is 0.231. The Morgan fingerprint density at radius 3 is 1.89 bits per heavy atom. The van der Waals surface area contributed by atoms with Crippen LogP contribution in [0.5, 0.6) is 0 Å². The first-order chi connectivity index (χ1) is 21.0. The predicted molar refractivity (Wildman–Crippen MR) is 181 cm³/mol. The van der Waals surface area contributed by atoms with Crippen LogP contribution in [0, 0.1) is 0 Å². The van der Waals surface area contributed by atoms with E-state index in [1.165, 1.54) is 33.4 Å². The molecule has 2 aromatic heterocycles. The number of fused-ring (bicyclic) bond motifs is 6. The van der Waals surface area contributed by atoms with Crippen molar-refractivity contribution in [2.75, 3.05) is 0 Å². The monoisotopic (exact) mass is 574 g/mol. The van der Waals surface area contributed by atoms with Crippen LogP contribution in [-0.4, -0.2) is 28.3 Å². The van der Waals surface area contributed by atoms with Crippen LogP contribution in [0.15, 0.2) is 103 Å². The molecule has 8 rings (SSSR count). The second-order valence-corrected chi connectivity index (χ2v) is 13.8. The van der Waals surface area contributed by atoms with Gasteiger partial charge in [0.25, 0.3) is 0 Å². The van der Waals surface area contributed by atoms with Gasteiger partial charge in [0.05, 0.1) is 27.9 Å². The maximum atomic E-state index is 6.38. The minimum Gasteiger partial charge on any atom is -0.399 e. The van der Waals surface area contributed by atoms with Crippen molar-refractivity contribution in [1.82, 2.24) is 9.97 Å². The fourth-order valence-electron chi connectivity index (χ4n) is 6.78. The zero-order valence-corrected chi connectivity index (χ0v) is 26.1. The van der Waals surface area contributed by atoms with Gasteiger partial charge in [-0.3, -0.25) is 4.98 Å². The van der Waals surface area contributed by atoms with Crippen molar-refractivity contribution in [2.24, 2.45) is 0 Å². The Kier molecular flexibility index (Phi) is 5.79. The molecule has 4 nitrogen and oxygen atoms in total. The van der Waals surface area contributed by atoms with Crippen molar-refractivity contribution in [2.45, 2.75) is 58.2 Å². The maximum absolute atomic E-state index is 6.38. The largest absolute Gasteiger partial charge is 0.494 e. The average Bonchev–Trinajstić information content (AvgIpc) is 3.39. The molecule has 6 aromatic rings. The van der Waals surface area contributed by atoms with Gasteiger partial charge in [0.1, 0.15) is 0 Å². The van der Waals surface area contributed by atoms with Crippen molar-refractivity contribution < 1.29 is 9.31 Å². The van der Waals surface area contributed by atoms with Gasteiger partial charge < -0.3 is 9.31 Å². The van der Waals surface area contributed by atoms with Crippen molar-refractivity contribution >= 4 is 34.4 Å². The van der Waals surface area contributed by atoms with Crippen LogP contribution < -0.4 is 5.46 Å². The first-order valence-electron chi connectivity index (χ1n) is 15.4. The van der Waals surface area contributed by atoms with E-state index in [1.54, 1.807) is 0 Å². The predicted octanol–water partition coefficient (Wildman–Crippen LogP) is 8.72. The summed E-state index contributed by atoms with van der Waals surface area (Å²) in [7, 11) is -0.369. The lowest BCUT2D eigenvalue weighted by Crippen LogP contribution is -2.41. The lowest BCUT2D eigenvalue weighted by atomic mass is 9.74. The Hall–Kier alpha value is -4.32.